The van der Waals surface area contributed by atoms with E-state index in [1.807, 2.05) is 6.92 Å². The van der Waals surface area contributed by atoms with Gasteiger partial charge >= 0.3 is 5.97 Å². The first-order valence-corrected chi connectivity index (χ1v) is 9.38. The maximum atomic E-state index is 12.5. The summed E-state index contributed by atoms with van der Waals surface area (Å²) in [4.78, 5) is 36.6. The average molecular weight is 401 g/mol. The number of esters is 1. The van der Waals surface area contributed by atoms with Gasteiger partial charge in [-0.2, -0.15) is 0 Å². The third kappa shape index (κ3) is 4.20. The van der Waals surface area contributed by atoms with Crippen molar-refractivity contribution in [3.05, 3.63) is 57.2 Å². The van der Waals surface area contributed by atoms with Gasteiger partial charge in [0.05, 0.1) is 4.88 Å². The van der Waals surface area contributed by atoms with Crippen LogP contribution in [-0.2, 0) is 9.53 Å². The Kier molecular flexibility index (Phi) is 5.74. The second-order valence-electron chi connectivity index (χ2n) is 6.16. The number of nitrogens with one attached hydrogen (secondary N) is 1. The van der Waals surface area contributed by atoms with Crippen molar-refractivity contribution < 1.29 is 23.6 Å². The van der Waals surface area contributed by atoms with Crippen LogP contribution < -0.4 is 5.32 Å². The molecule has 0 spiro atoms. The Bertz CT molecular complexity index is 1020. The second-order valence-corrected chi connectivity index (χ2v) is 7.11. The number of carbonyl (C=O) groups excluding carboxylic acids is 3. The number of hydrogen-bond donors (Lipinski definition) is 1. The largest absolute Gasteiger partial charge is 0.456 e. The first-order valence-electron chi connectivity index (χ1n) is 8.50. The van der Waals surface area contributed by atoms with E-state index < -0.39 is 12.6 Å². The molecule has 3 heterocycles. The minimum absolute atomic E-state index is 0.304. The van der Waals surface area contributed by atoms with E-state index in [2.05, 4.69) is 10.5 Å². The number of nitrogens with zero attached hydrogens (tertiary/aromatic N) is 2. The minimum Gasteiger partial charge on any atom is -0.456 e. The topological polar surface area (TPSA) is 103 Å². The number of aromatic nitrogens is 2. The third-order valence-corrected chi connectivity index (χ3v) is 4.95. The number of ether oxygens (including phenoxy) is 1. The van der Waals surface area contributed by atoms with Crippen LogP contribution in [0.25, 0.3) is 5.82 Å². The van der Waals surface area contributed by atoms with Crippen LogP contribution in [0.5, 0.6) is 0 Å². The summed E-state index contributed by atoms with van der Waals surface area (Å²) in [7, 11) is 0. The van der Waals surface area contributed by atoms with Gasteiger partial charge in [0.25, 0.3) is 5.91 Å². The average Bonchev–Trinajstić information content (AvgIpc) is 3.39. The first kappa shape index (κ1) is 19.6. The van der Waals surface area contributed by atoms with Crippen LogP contribution in [0, 0.1) is 20.8 Å². The molecule has 0 atom stereocenters. The van der Waals surface area contributed by atoms with Gasteiger partial charge in [-0.3, -0.25) is 19.0 Å². The summed E-state index contributed by atoms with van der Waals surface area (Å²) < 4.78 is 11.9. The van der Waals surface area contributed by atoms with Gasteiger partial charge in [0.2, 0.25) is 5.78 Å². The van der Waals surface area contributed by atoms with E-state index >= 15 is 0 Å². The molecule has 3 rings (SSSR count). The van der Waals surface area contributed by atoms with Crippen molar-refractivity contribution in [2.45, 2.75) is 20.8 Å². The fourth-order valence-electron chi connectivity index (χ4n) is 2.78. The van der Waals surface area contributed by atoms with Crippen LogP contribution in [-0.4, -0.2) is 40.5 Å². The zero-order valence-corrected chi connectivity index (χ0v) is 16.5. The number of thiophene rings is 1. The number of aryl methyl sites for hydroxylation is 2. The smallest absolute Gasteiger partial charge is 0.325 e. The van der Waals surface area contributed by atoms with E-state index in [-0.39, 0.29) is 18.2 Å². The fourth-order valence-corrected chi connectivity index (χ4v) is 3.42. The molecule has 3 aromatic heterocycles. The molecule has 0 fully saturated rings. The SMILES string of the molecule is Cc1cc(-n2c(C)cc(C(=O)COC(=O)CNC(=O)c3cccs3)c2C)no1. The van der Waals surface area contributed by atoms with E-state index in [4.69, 9.17) is 9.26 Å². The van der Waals surface area contributed by atoms with Crippen LogP contribution >= 0.6 is 11.3 Å². The molecule has 146 valence electrons. The standard InChI is InChI=1S/C19H19N3O5S/c1-11-7-14(13(3)22(11)17-8-12(2)27-21-17)15(23)10-26-18(24)9-20-19(25)16-5-4-6-28-16/h4-8H,9-10H2,1-3H3,(H,20,25). The van der Waals surface area contributed by atoms with E-state index in [0.717, 1.165) is 5.69 Å². The molecule has 1 N–H and O–H groups in total. The molecule has 0 unspecified atom stereocenters. The lowest BCUT2D eigenvalue weighted by Crippen LogP contribution is -2.31. The van der Waals surface area contributed by atoms with Gasteiger partial charge in [0.15, 0.2) is 12.4 Å². The molecular formula is C19H19N3O5S. The summed E-state index contributed by atoms with van der Waals surface area (Å²) in [6, 6.07) is 6.88. The lowest BCUT2D eigenvalue weighted by Gasteiger charge is -2.07. The van der Waals surface area contributed by atoms with E-state index in [1.54, 1.807) is 48.1 Å². The molecule has 1 amide bonds. The number of carbonyl (C=O) groups is 3. The van der Waals surface area contributed by atoms with Gasteiger partial charge in [-0.05, 0) is 38.3 Å². The molecular weight excluding hydrogens is 382 g/mol. The van der Waals surface area contributed by atoms with Crippen LogP contribution in [0.2, 0.25) is 0 Å². The Morgan fingerprint density at radius 3 is 2.68 bits per heavy atom. The molecule has 8 nitrogen and oxygen atoms in total. The van der Waals surface area contributed by atoms with Crippen molar-refractivity contribution in [3.8, 4) is 5.82 Å². The first-order chi connectivity index (χ1) is 13.4. The van der Waals surface area contributed by atoms with Gasteiger partial charge < -0.3 is 14.6 Å². The normalized spacial score (nSPS) is 10.7. The molecule has 0 saturated heterocycles. The van der Waals surface area contributed by atoms with Crippen molar-refractivity contribution in [1.29, 1.82) is 0 Å². The zero-order valence-electron chi connectivity index (χ0n) is 15.6. The van der Waals surface area contributed by atoms with Crippen molar-refractivity contribution in [2.24, 2.45) is 0 Å². The number of Topliss-reactive ketones (excluding diaryl/α,β-unsaturated/α-hetero) is 1. The summed E-state index contributed by atoms with van der Waals surface area (Å²) in [6.45, 7) is 4.71. The minimum atomic E-state index is -0.681. The molecule has 0 saturated carbocycles. The summed E-state index contributed by atoms with van der Waals surface area (Å²) in [5.74, 6) is -0.129. The number of ketones is 1. The highest BCUT2D eigenvalue weighted by atomic mass is 32.1. The molecule has 0 aromatic carbocycles. The summed E-state index contributed by atoms with van der Waals surface area (Å²) in [5, 5.41) is 8.19. The monoisotopic (exact) mass is 401 g/mol. The van der Waals surface area contributed by atoms with Crippen LogP contribution in [0.3, 0.4) is 0 Å². The van der Waals surface area contributed by atoms with Crippen LogP contribution in [0.15, 0.2) is 34.2 Å². The van der Waals surface area contributed by atoms with E-state index in [0.29, 0.717) is 27.7 Å². The molecule has 0 aliphatic heterocycles. The van der Waals surface area contributed by atoms with E-state index in [1.165, 1.54) is 11.3 Å². The van der Waals surface area contributed by atoms with Crippen molar-refractivity contribution in [3.63, 3.8) is 0 Å². The highest BCUT2D eigenvalue weighted by molar-refractivity contribution is 7.12. The van der Waals surface area contributed by atoms with Crippen molar-refractivity contribution in [1.82, 2.24) is 15.0 Å². The Hall–Kier alpha value is -3.20. The molecule has 3 aromatic rings. The maximum absolute atomic E-state index is 12.5. The van der Waals surface area contributed by atoms with Gasteiger partial charge in [-0.25, -0.2) is 0 Å². The molecule has 28 heavy (non-hydrogen) atoms. The predicted molar refractivity (Wildman–Crippen MR) is 102 cm³/mol. The molecule has 9 heteroatoms. The lowest BCUT2D eigenvalue weighted by atomic mass is 10.1. The Morgan fingerprint density at radius 2 is 2.04 bits per heavy atom. The van der Waals surface area contributed by atoms with E-state index in [9.17, 15) is 14.4 Å². The molecule has 0 aliphatic carbocycles. The highest BCUT2D eigenvalue weighted by Crippen LogP contribution is 2.21. The van der Waals surface area contributed by atoms with Gasteiger partial charge in [-0.1, -0.05) is 11.2 Å². The molecule has 0 bridgehead atoms. The number of hydrogen-bond acceptors (Lipinski definition) is 7. The quantitative estimate of drug-likeness (QED) is 0.482. The summed E-state index contributed by atoms with van der Waals surface area (Å²) >= 11 is 1.27. The predicted octanol–water partition coefficient (Wildman–Crippen LogP) is 2.61. The van der Waals surface area contributed by atoms with Crippen molar-refractivity contribution >= 4 is 29.0 Å². The Balaban J connectivity index is 1.58. The fraction of sp³-hybridized carbons (Fsp3) is 0.263. The number of amides is 1. The Labute approximate surface area is 165 Å². The number of rotatable bonds is 7. The van der Waals surface area contributed by atoms with Crippen LogP contribution in [0.1, 0.15) is 37.2 Å². The Morgan fingerprint density at radius 1 is 1.25 bits per heavy atom. The van der Waals surface area contributed by atoms with Gasteiger partial charge in [0, 0.05) is 23.0 Å². The summed E-state index contributed by atoms with van der Waals surface area (Å²) in [5.41, 5.74) is 1.93. The maximum Gasteiger partial charge on any atom is 0.325 e. The van der Waals surface area contributed by atoms with Gasteiger partial charge in [0.1, 0.15) is 12.3 Å². The lowest BCUT2D eigenvalue weighted by molar-refractivity contribution is -0.141. The van der Waals surface area contributed by atoms with Crippen LogP contribution in [0.4, 0.5) is 0 Å². The third-order valence-electron chi connectivity index (χ3n) is 4.08. The molecule has 0 aliphatic rings. The summed E-state index contributed by atoms with van der Waals surface area (Å²) in [6.07, 6.45) is 0. The zero-order chi connectivity index (χ0) is 20.3. The van der Waals surface area contributed by atoms with Crippen molar-refractivity contribution in [2.75, 3.05) is 13.2 Å². The molecule has 0 radical (unpaired) electrons. The highest BCUT2D eigenvalue weighted by Gasteiger charge is 2.20. The second kappa shape index (κ2) is 8.22. The van der Waals surface area contributed by atoms with Gasteiger partial charge in [-0.15, -0.1) is 11.3 Å².